The molecule has 0 bridgehead atoms. The van der Waals surface area contributed by atoms with Crippen molar-refractivity contribution in [1.82, 2.24) is 15.2 Å². The van der Waals surface area contributed by atoms with Crippen LogP contribution in [0.4, 0.5) is 18.9 Å². The number of nitrogens with one attached hydrogen (secondary N) is 2. The molecule has 2 heterocycles. The van der Waals surface area contributed by atoms with E-state index in [1.54, 1.807) is 12.4 Å². The summed E-state index contributed by atoms with van der Waals surface area (Å²) in [5, 5.41) is 5.84. The van der Waals surface area contributed by atoms with Gasteiger partial charge in [-0.3, -0.25) is 14.7 Å². The van der Waals surface area contributed by atoms with Crippen LogP contribution in [-0.4, -0.2) is 42.0 Å². The molecule has 1 fully saturated rings. The Morgan fingerprint density at radius 1 is 1.30 bits per heavy atom. The maximum Gasteiger partial charge on any atom is 0.416 e. The van der Waals surface area contributed by atoms with Crippen molar-refractivity contribution >= 4 is 24.0 Å². The quantitative estimate of drug-likeness (QED) is 0.828. The molecule has 27 heavy (non-hydrogen) atoms. The normalized spacial score (nSPS) is 17.8. The Bertz CT molecular complexity index is 758. The molecule has 3 rings (SSSR count). The van der Waals surface area contributed by atoms with Crippen LogP contribution >= 0.6 is 12.4 Å². The highest BCUT2D eigenvalue weighted by Gasteiger charge is 2.30. The van der Waals surface area contributed by atoms with Gasteiger partial charge >= 0.3 is 6.18 Å². The zero-order valence-corrected chi connectivity index (χ0v) is 15.2. The lowest BCUT2D eigenvalue weighted by Crippen LogP contribution is -2.48. The first-order chi connectivity index (χ1) is 12.4. The van der Waals surface area contributed by atoms with Crippen molar-refractivity contribution in [2.75, 3.05) is 31.5 Å². The van der Waals surface area contributed by atoms with Crippen LogP contribution in [0.5, 0.6) is 0 Å². The molecule has 0 spiro atoms. The topological polar surface area (TPSA) is 57.3 Å². The minimum absolute atomic E-state index is 0. The van der Waals surface area contributed by atoms with E-state index in [1.807, 2.05) is 17.0 Å². The van der Waals surface area contributed by atoms with Gasteiger partial charge in [-0.25, -0.2) is 0 Å². The average molecular weight is 401 g/mol. The second-order valence-electron chi connectivity index (χ2n) is 6.10. The van der Waals surface area contributed by atoms with Crippen LogP contribution in [0, 0.1) is 0 Å². The van der Waals surface area contributed by atoms with E-state index in [0.29, 0.717) is 13.1 Å². The molecular weight excluding hydrogens is 381 g/mol. The molecule has 5 nitrogen and oxygen atoms in total. The standard InChI is InChI=1S/C18H19F3N4O.ClH/c19-18(20,21)14-4-1-5-15(9-14)24-17(26)12-25-8-7-23-11-16(25)13-3-2-6-22-10-13;/h1-6,9-10,16,23H,7-8,11-12H2,(H,24,26);1H. The van der Waals surface area contributed by atoms with Gasteiger partial charge in [-0.2, -0.15) is 13.2 Å². The second kappa shape index (κ2) is 9.16. The van der Waals surface area contributed by atoms with E-state index in [1.165, 1.54) is 12.1 Å². The van der Waals surface area contributed by atoms with E-state index in [2.05, 4.69) is 15.6 Å². The van der Waals surface area contributed by atoms with Crippen LogP contribution < -0.4 is 10.6 Å². The Balaban J connectivity index is 0.00000261. The van der Waals surface area contributed by atoms with Gasteiger partial charge in [-0.1, -0.05) is 12.1 Å². The average Bonchev–Trinajstić information content (AvgIpc) is 2.62. The molecule has 1 saturated heterocycles. The Morgan fingerprint density at radius 2 is 2.11 bits per heavy atom. The summed E-state index contributed by atoms with van der Waals surface area (Å²) in [5.41, 5.74) is 0.343. The van der Waals surface area contributed by atoms with Gasteiger partial charge in [0.2, 0.25) is 5.91 Å². The first kappa shape index (κ1) is 21.1. The summed E-state index contributed by atoms with van der Waals surface area (Å²) >= 11 is 0. The molecule has 1 aliphatic heterocycles. The van der Waals surface area contributed by atoms with Crippen molar-refractivity contribution in [3.05, 3.63) is 59.9 Å². The maximum atomic E-state index is 12.8. The van der Waals surface area contributed by atoms with E-state index >= 15 is 0 Å². The SMILES string of the molecule is Cl.O=C(CN1CCNCC1c1cccnc1)Nc1cccc(C(F)(F)F)c1. The molecule has 146 valence electrons. The number of carbonyl (C=O) groups is 1. The smallest absolute Gasteiger partial charge is 0.325 e. The zero-order chi connectivity index (χ0) is 18.6. The van der Waals surface area contributed by atoms with Crippen molar-refractivity contribution in [2.45, 2.75) is 12.2 Å². The molecular formula is C18H20ClF3N4O. The van der Waals surface area contributed by atoms with Crippen molar-refractivity contribution in [1.29, 1.82) is 0 Å². The van der Waals surface area contributed by atoms with Crippen molar-refractivity contribution < 1.29 is 18.0 Å². The number of halogens is 4. The van der Waals surface area contributed by atoms with Gasteiger partial charge in [-0.15, -0.1) is 12.4 Å². The van der Waals surface area contributed by atoms with Gasteiger partial charge in [0.25, 0.3) is 0 Å². The van der Waals surface area contributed by atoms with Crippen LogP contribution in [-0.2, 0) is 11.0 Å². The molecule has 9 heteroatoms. The number of hydrogen-bond acceptors (Lipinski definition) is 4. The van der Waals surface area contributed by atoms with Crippen LogP contribution in [0.1, 0.15) is 17.2 Å². The fraction of sp³-hybridized carbons (Fsp3) is 0.333. The molecule has 1 amide bonds. The lowest BCUT2D eigenvalue weighted by molar-refractivity contribution is -0.137. The molecule has 1 aromatic heterocycles. The molecule has 1 unspecified atom stereocenters. The van der Waals surface area contributed by atoms with Crippen molar-refractivity contribution in [3.8, 4) is 0 Å². The zero-order valence-electron chi connectivity index (χ0n) is 14.4. The molecule has 0 aliphatic carbocycles. The van der Waals surface area contributed by atoms with Crippen molar-refractivity contribution in [3.63, 3.8) is 0 Å². The van der Waals surface area contributed by atoms with E-state index < -0.39 is 11.7 Å². The molecule has 1 aliphatic rings. The predicted molar refractivity (Wildman–Crippen MR) is 98.7 cm³/mol. The summed E-state index contributed by atoms with van der Waals surface area (Å²) in [6.07, 6.45) is -0.996. The van der Waals surface area contributed by atoms with Gasteiger partial charge < -0.3 is 10.6 Å². The summed E-state index contributed by atoms with van der Waals surface area (Å²) in [6, 6.07) is 8.42. The van der Waals surface area contributed by atoms with Crippen LogP contribution in [0.25, 0.3) is 0 Å². The number of rotatable bonds is 4. The third-order valence-electron chi connectivity index (χ3n) is 4.24. The van der Waals surface area contributed by atoms with Gasteiger partial charge in [0.05, 0.1) is 12.1 Å². The minimum atomic E-state index is -4.44. The first-order valence-electron chi connectivity index (χ1n) is 8.25. The first-order valence-corrected chi connectivity index (χ1v) is 8.25. The summed E-state index contributed by atoms with van der Waals surface area (Å²) < 4.78 is 38.3. The highest BCUT2D eigenvalue weighted by atomic mass is 35.5. The number of benzene rings is 1. The van der Waals surface area contributed by atoms with Gasteiger partial charge in [0.15, 0.2) is 0 Å². The number of aromatic nitrogens is 1. The highest BCUT2D eigenvalue weighted by Crippen LogP contribution is 2.30. The lowest BCUT2D eigenvalue weighted by Gasteiger charge is -2.35. The number of amides is 1. The third-order valence-corrected chi connectivity index (χ3v) is 4.24. The fourth-order valence-corrected chi connectivity index (χ4v) is 3.00. The van der Waals surface area contributed by atoms with Crippen molar-refractivity contribution in [2.24, 2.45) is 0 Å². The number of hydrogen-bond donors (Lipinski definition) is 2. The summed E-state index contributed by atoms with van der Waals surface area (Å²) in [7, 11) is 0. The van der Waals surface area contributed by atoms with Gasteiger partial charge in [0, 0.05) is 43.8 Å². The fourth-order valence-electron chi connectivity index (χ4n) is 3.00. The lowest BCUT2D eigenvalue weighted by atomic mass is 10.1. The number of carbonyl (C=O) groups excluding carboxylic acids is 1. The highest BCUT2D eigenvalue weighted by molar-refractivity contribution is 5.92. The third kappa shape index (κ3) is 5.66. The number of anilines is 1. The second-order valence-corrected chi connectivity index (χ2v) is 6.10. The summed E-state index contributed by atoms with van der Waals surface area (Å²) in [5.74, 6) is -0.347. The predicted octanol–water partition coefficient (Wildman–Crippen LogP) is 3.11. The van der Waals surface area contributed by atoms with Crippen LogP contribution in [0.15, 0.2) is 48.8 Å². The van der Waals surface area contributed by atoms with E-state index in [0.717, 1.165) is 24.2 Å². The van der Waals surface area contributed by atoms with E-state index in [-0.39, 0.29) is 36.6 Å². The Morgan fingerprint density at radius 3 is 2.81 bits per heavy atom. The molecule has 2 aromatic rings. The largest absolute Gasteiger partial charge is 0.416 e. The van der Waals surface area contributed by atoms with Crippen LogP contribution in [0.2, 0.25) is 0 Å². The van der Waals surface area contributed by atoms with E-state index in [9.17, 15) is 18.0 Å². The van der Waals surface area contributed by atoms with Gasteiger partial charge in [0.1, 0.15) is 0 Å². The van der Waals surface area contributed by atoms with Gasteiger partial charge in [-0.05, 0) is 29.8 Å². The monoisotopic (exact) mass is 400 g/mol. The summed E-state index contributed by atoms with van der Waals surface area (Å²) in [4.78, 5) is 18.5. The van der Waals surface area contributed by atoms with Crippen LogP contribution in [0.3, 0.4) is 0 Å². The molecule has 1 atom stereocenters. The number of pyridine rings is 1. The van der Waals surface area contributed by atoms with E-state index in [4.69, 9.17) is 0 Å². The molecule has 1 aromatic carbocycles. The Labute approximate surface area is 161 Å². The Kier molecular flexibility index (Phi) is 7.18. The summed E-state index contributed by atoms with van der Waals surface area (Å²) in [6.45, 7) is 2.18. The molecule has 2 N–H and O–H groups in total. The number of nitrogens with zero attached hydrogens (tertiary/aromatic N) is 2. The molecule has 0 radical (unpaired) electrons. The molecule has 0 saturated carbocycles. The maximum absolute atomic E-state index is 12.8. The number of alkyl halides is 3. The Hall–Kier alpha value is -2.16. The minimum Gasteiger partial charge on any atom is -0.325 e. The number of piperazine rings is 1.